The largest absolute Gasteiger partial charge is 0.494 e. The molecule has 2 aromatic rings. The molecular weight excluding hydrogens is 438 g/mol. The summed E-state index contributed by atoms with van der Waals surface area (Å²) >= 11 is 6.22. The number of nitrogens with zero attached hydrogens (tertiary/aromatic N) is 3. The zero-order chi connectivity index (χ0) is 22.5. The van der Waals surface area contributed by atoms with Crippen molar-refractivity contribution in [3.05, 3.63) is 58.1 Å². The van der Waals surface area contributed by atoms with Crippen molar-refractivity contribution in [2.45, 2.75) is 37.6 Å². The van der Waals surface area contributed by atoms with Gasteiger partial charge in [0.15, 0.2) is 11.6 Å². The molecule has 0 N–H and O–H groups in total. The van der Waals surface area contributed by atoms with Crippen molar-refractivity contribution < 1.29 is 27.1 Å². The molecule has 3 atom stereocenters. The van der Waals surface area contributed by atoms with Crippen LogP contribution in [0.5, 0.6) is 5.75 Å². The zero-order valence-corrected chi connectivity index (χ0v) is 17.5. The van der Waals surface area contributed by atoms with Crippen molar-refractivity contribution in [2.24, 2.45) is 0 Å². The van der Waals surface area contributed by atoms with E-state index in [0.29, 0.717) is 24.8 Å². The van der Waals surface area contributed by atoms with Crippen molar-refractivity contribution in [3.8, 4) is 5.75 Å². The highest BCUT2D eigenvalue weighted by molar-refractivity contribution is 6.31. The van der Waals surface area contributed by atoms with Crippen molar-refractivity contribution in [3.63, 3.8) is 0 Å². The number of carbonyl (C=O) groups is 1. The molecule has 0 saturated carbocycles. The first-order valence-corrected chi connectivity index (χ1v) is 10.1. The third kappa shape index (κ3) is 3.85. The summed E-state index contributed by atoms with van der Waals surface area (Å²) in [7, 11) is 1.37. The number of carbonyl (C=O) groups excluding carboxylic acids is 1. The zero-order valence-electron chi connectivity index (χ0n) is 16.8. The molecule has 2 aliphatic rings. The highest BCUT2D eigenvalue weighted by Crippen LogP contribution is 2.40. The minimum atomic E-state index is -4.50. The monoisotopic (exact) mass is 457 g/mol. The van der Waals surface area contributed by atoms with Crippen LogP contribution in [-0.2, 0) is 6.18 Å². The molecular formula is C21H20ClF4N3O2. The second-order valence-electron chi connectivity index (χ2n) is 7.79. The lowest BCUT2D eigenvalue weighted by atomic mass is 10.0. The Kier molecular flexibility index (Phi) is 5.59. The second kappa shape index (κ2) is 7.94. The molecule has 10 heteroatoms. The van der Waals surface area contributed by atoms with Crippen molar-refractivity contribution in [1.29, 1.82) is 0 Å². The molecule has 1 amide bonds. The van der Waals surface area contributed by atoms with Crippen LogP contribution in [0.25, 0.3) is 0 Å². The van der Waals surface area contributed by atoms with Crippen LogP contribution < -0.4 is 4.74 Å². The molecule has 3 heterocycles. The number of aromatic nitrogens is 1. The van der Waals surface area contributed by atoms with E-state index < -0.39 is 17.6 Å². The number of fused-ring (bicyclic) bond motifs is 2. The van der Waals surface area contributed by atoms with Crippen LogP contribution in [0.4, 0.5) is 17.6 Å². The van der Waals surface area contributed by atoms with E-state index in [2.05, 4.69) is 9.88 Å². The van der Waals surface area contributed by atoms with E-state index in [1.807, 2.05) is 6.92 Å². The van der Waals surface area contributed by atoms with Gasteiger partial charge in [-0.25, -0.2) is 4.39 Å². The Balaban J connectivity index is 1.46. The maximum atomic E-state index is 14.3. The van der Waals surface area contributed by atoms with E-state index in [1.165, 1.54) is 13.2 Å². The molecule has 2 bridgehead atoms. The molecule has 2 saturated heterocycles. The fraction of sp³-hybridized carbons (Fsp3) is 0.429. The smallest absolute Gasteiger partial charge is 0.417 e. The number of methoxy groups -OCH3 is 1. The van der Waals surface area contributed by atoms with Crippen LogP contribution in [-0.4, -0.2) is 53.0 Å². The van der Waals surface area contributed by atoms with Gasteiger partial charge in [0.1, 0.15) is 5.69 Å². The first-order chi connectivity index (χ1) is 14.6. The van der Waals surface area contributed by atoms with Crippen LogP contribution in [0.1, 0.15) is 41.0 Å². The molecule has 31 heavy (non-hydrogen) atoms. The number of hydrogen-bond donors (Lipinski definition) is 0. The summed E-state index contributed by atoms with van der Waals surface area (Å²) in [4.78, 5) is 20.3. The maximum absolute atomic E-state index is 14.3. The number of amides is 1. The standard InChI is InChI=1S/C21H20ClF4N3O2/c1-11(15-4-6-17(31-2)19(23)18(15)22)28-9-14-7-13(28)10-29(14)20(30)16-5-3-12(8-27-16)21(24,25)26/h3-6,8,11,13-14H,7,9-10H2,1-2H3/t11-,13+,14+/m0/s1. The van der Waals surface area contributed by atoms with Crippen LogP contribution in [0.15, 0.2) is 30.5 Å². The third-order valence-electron chi connectivity index (χ3n) is 6.10. The summed E-state index contributed by atoms with van der Waals surface area (Å²) in [5.74, 6) is -0.921. The number of piperazine rings is 1. The lowest BCUT2D eigenvalue weighted by Gasteiger charge is -2.38. The van der Waals surface area contributed by atoms with E-state index in [0.717, 1.165) is 18.6 Å². The molecule has 1 aromatic carbocycles. The summed E-state index contributed by atoms with van der Waals surface area (Å²) in [5, 5.41) is 0.0107. The minimum Gasteiger partial charge on any atom is -0.494 e. The Hall–Kier alpha value is -2.39. The van der Waals surface area contributed by atoms with E-state index in [4.69, 9.17) is 16.3 Å². The molecule has 1 aromatic heterocycles. The van der Waals surface area contributed by atoms with Crippen LogP contribution >= 0.6 is 11.6 Å². The van der Waals surface area contributed by atoms with Crippen molar-refractivity contribution in [2.75, 3.05) is 20.2 Å². The fourth-order valence-corrected chi connectivity index (χ4v) is 4.78. The van der Waals surface area contributed by atoms with Gasteiger partial charge >= 0.3 is 6.18 Å². The predicted molar refractivity (Wildman–Crippen MR) is 106 cm³/mol. The Morgan fingerprint density at radius 3 is 2.52 bits per heavy atom. The summed E-state index contributed by atoms with van der Waals surface area (Å²) in [5.41, 5.74) is -0.272. The molecule has 0 radical (unpaired) electrons. The van der Waals surface area contributed by atoms with Gasteiger partial charge in [-0.15, -0.1) is 0 Å². The third-order valence-corrected chi connectivity index (χ3v) is 6.48. The van der Waals surface area contributed by atoms with Crippen LogP contribution in [0, 0.1) is 5.82 Å². The molecule has 2 aliphatic heterocycles. The van der Waals surface area contributed by atoms with Gasteiger partial charge in [-0.2, -0.15) is 13.2 Å². The number of ether oxygens (including phenoxy) is 1. The number of pyridine rings is 1. The summed E-state index contributed by atoms with van der Waals surface area (Å²) in [6, 6.07) is 5.01. The van der Waals surface area contributed by atoms with Gasteiger partial charge < -0.3 is 9.64 Å². The summed E-state index contributed by atoms with van der Waals surface area (Å²) in [6.07, 6.45) is -3.09. The van der Waals surface area contributed by atoms with Gasteiger partial charge in [0.2, 0.25) is 0 Å². The van der Waals surface area contributed by atoms with Gasteiger partial charge in [0.05, 0.1) is 17.7 Å². The molecule has 4 rings (SSSR count). The van der Waals surface area contributed by atoms with Crippen molar-refractivity contribution >= 4 is 17.5 Å². The summed E-state index contributed by atoms with van der Waals surface area (Å²) in [6.45, 7) is 2.91. The number of halogens is 5. The Morgan fingerprint density at radius 1 is 1.23 bits per heavy atom. The second-order valence-corrected chi connectivity index (χ2v) is 8.17. The van der Waals surface area contributed by atoms with E-state index >= 15 is 0 Å². The lowest BCUT2D eigenvalue weighted by Crippen LogP contribution is -2.49. The first-order valence-electron chi connectivity index (χ1n) is 9.73. The maximum Gasteiger partial charge on any atom is 0.417 e. The Bertz CT molecular complexity index is 999. The van der Waals surface area contributed by atoms with Crippen LogP contribution in [0.2, 0.25) is 5.02 Å². The fourth-order valence-electron chi connectivity index (χ4n) is 4.46. The molecule has 166 valence electrons. The van der Waals surface area contributed by atoms with Gasteiger partial charge in [-0.05, 0) is 37.1 Å². The highest BCUT2D eigenvalue weighted by Gasteiger charge is 2.47. The summed E-state index contributed by atoms with van der Waals surface area (Å²) < 4.78 is 57.5. The first kappa shape index (κ1) is 21.8. The molecule has 0 aliphatic carbocycles. The molecule has 5 nitrogen and oxygen atoms in total. The topological polar surface area (TPSA) is 45.7 Å². The van der Waals surface area contributed by atoms with E-state index in [-0.39, 0.29) is 40.5 Å². The lowest BCUT2D eigenvalue weighted by molar-refractivity contribution is -0.137. The Labute approximate surface area is 181 Å². The Morgan fingerprint density at radius 2 is 1.97 bits per heavy atom. The number of alkyl halides is 3. The normalized spacial score (nSPS) is 22.1. The van der Waals surface area contributed by atoms with Gasteiger partial charge in [-0.1, -0.05) is 17.7 Å². The van der Waals surface area contributed by atoms with Gasteiger partial charge in [-0.3, -0.25) is 14.7 Å². The molecule has 0 unspecified atom stereocenters. The average molecular weight is 458 g/mol. The number of hydrogen-bond acceptors (Lipinski definition) is 4. The number of benzene rings is 1. The number of rotatable bonds is 4. The molecule has 2 fully saturated rings. The number of likely N-dealkylation sites (tertiary alicyclic amines) is 2. The highest BCUT2D eigenvalue weighted by atomic mass is 35.5. The quantitative estimate of drug-likeness (QED) is 0.631. The minimum absolute atomic E-state index is 0.0107. The van der Waals surface area contributed by atoms with E-state index in [9.17, 15) is 22.4 Å². The van der Waals surface area contributed by atoms with Gasteiger partial charge in [0, 0.05) is 37.4 Å². The predicted octanol–water partition coefficient (Wildman–Crippen LogP) is 4.56. The van der Waals surface area contributed by atoms with Crippen molar-refractivity contribution in [1.82, 2.24) is 14.8 Å². The van der Waals surface area contributed by atoms with E-state index in [1.54, 1.807) is 11.0 Å². The van der Waals surface area contributed by atoms with Crippen LogP contribution in [0.3, 0.4) is 0 Å². The SMILES string of the molecule is COc1ccc([C@H](C)N2C[C@H]3C[C@@H]2CN3C(=O)c2ccc(C(F)(F)F)cn2)c(Cl)c1F. The van der Waals surface area contributed by atoms with Gasteiger partial charge in [0.25, 0.3) is 5.91 Å². The average Bonchev–Trinajstić information content (AvgIpc) is 3.35. The molecule has 0 spiro atoms.